The third-order valence-corrected chi connectivity index (χ3v) is 4.77. The van der Waals surface area contributed by atoms with E-state index < -0.39 is 0 Å². The summed E-state index contributed by atoms with van der Waals surface area (Å²) in [6, 6.07) is 8.17. The number of fused-ring (bicyclic) bond motifs is 3. The Bertz CT molecular complexity index is 956. The highest BCUT2D eigenvalue weighted by Crippen LogP contribution is 2.42. The van der Waals surface area contributed by atoms with Crippen LogP contribution in [0, 0.1) is 19.3 Å². The fourth-order valence-corrected chi connectivity index (χ4v) is 3.76. The first-order valence-corrected chi connectivity index (χ1v) is 8.07. The van der Waals surface area contributed by atoms with Crippen LogP contribution in [-0.2, 0) is 12.8 Å². The molecule has 0 unspecified atom stereocenters. The lowest BCUT2D eigenvalue weighted by Crippen LogP contribution is -2.13. The zero-order valence-corrected chi connectivity index (χ0v) is 13.8. The highest BCUT2D eigenvalue weighted by atomic mass is 16.3. The van der Waals surface area contributed by atoms with Crippen LogP contribution in [0.4, 0.5) is 5.82 Å². The number of rotatable bonds is 2. The molecule has 4 rings (SSSR count). The minimum absolute atomic E-state index is 0.377. The number of nitrogen functional groups attached to an aromatic ring is 1. The second kappa shape index (κ2) is 5.34. The number of nitrogens with zero attached hydrogens (tertiary/aromatic N) is 1. The number of nitrogens with one attached hydrogen (secondary N) is 1. The zero-order valence-electron chi connectivity index (χ0n) is 13.8. The van der Waals surface area contributed by atoms with E-state index in [-0.39, 0.29) is 0 Å². The standard InChI is InChI=1S/C20H19N3O/c1-11-8-12(2)13-5-6-14-18(17-4-3-7-24-17)16(10-21)20(22)23-19(14)15(13)9-11/h3-4,7-10,21H,5-6H2,1-2H3,(H2,22,23). The van der Waals surface area contributed by atoms with Crippen molar-refractivity contribution in [3.05, 3.63) is 58.3 Å². The van der Waals surface area contributed by atoms with E-state index in [2.05, 4.69) is 31.0 Å². The molecule has 1 aromatic carbocycles. The number of pyridine rings is 1. The molecule has 0 aliphatic heterocycles. The molecule has 24 heavy (non-hydrogen) atoms. The Balaban J connectivity index is 2.09. The summed E-state index contributed by atoms with van der Waals surface area (Å²) in [5.41, 5.74) is 14.8. The molecule has 120 valence electrons. The summed E-state index contributed by atoms with van der Waals surface area (Å²) in [5.74, 6) is 1.12. The number of furan rings is 1. The molecule has 0 atom stereocenters. The van der Waals surface area contributed by atoms with Crippen molar-refractivity contribution < 1.29 is 4.42 Å². The molecule has 0 bridgehead atoms. The van der Waals surface area contributed by atoms with Crippen molar-refractivity contribution in [2.45, 2.75) is 26.7 Å². The number of hydrogen-bond donors (Lipinski definition) is 2. The summed E-state index contributed by atoms with van der Waals surface area (Å²) >= 11 is 0. The lowest BCUT2D eigenvalue weighted by molar-refractivity contribution is 0.581. The van der Waals surface area contributed by atoms with E-state index in [0.717, 1.165) is 41.0 Å². The summed E-state index contributed by atoms with van der Waals surface area (Å²) in [5, 5.41) is 7.77. The van der Waals surface area contributed by atoms with Gasteiger partial charge in [0.15, 0.2) is 0 Å². The molecule has 3 N–H and O–H groups in total. The van der Waals surface area contributed by atoms with Gasteiger partial charge in [-0.2, -0.15) is 0 Å². The summed E-state index contributed by atoms with van der Waals surface area (Å²) in [7, 11) is 0. The summed E-state index contributed by atoms with van der Waals surface area (Å²) < 4.78 is 5.63. The van der Waals surface area contributed by atoms with E-state index in [1.54, 1.807) is 6.26 Å². The zero-order chi connectivity index (χ0) is 16.8. The lowest BCUT2D eigenvalue weighted by Gasteiger charge is -2.25. The Morgan fingerprint density at radius 2 is 2.00 bits per heavy atom. The third kappa shape index (κ3) is 2.07. The first-order valence-electron chi connectivity index (χ1n) is 8.07. The van der Waals surface area contributed by atoms with Gasteiger partial charge in [0, 0.05) is 22.9 Å². The molecule has 0 spiro atoms. The Morgan fingerprint density at radius 1 is 1.21 bits per heavy atom. The van der Waals surface area contributed by atoms with Crippen LogP contribution in [0.1, 0.15) is 27.8 Å². The molecular formula is C20H19N3O. The predicted molar refractivity (Wildman–Crippen MR) is 96.6 cm³/mol. The van der Waals surface area contributed by atoms with Gasteiger partial charge < -0.3 is 15.6 Å². The summed E-state index contributed by atoms with van der Waals surface area (Å²) in [6.45, 7) is 4.25. The number of benzene rings is 1. The average molecular weight is 317 g/mol. The first kappa shape index (κ1) is 14.7. The van der Waals surface area contributed by atoms with Gasteiger partial charge in [0.05, 0.1) is 12.0 Å². The third-order valence-electron chi connectivity index (χ3n) is 4.77. The molecule has 0 amide bonds. The molecule has 2 aromatic heterocycles. The van der Waals surface area contributed by atoms with Crippen molar-refractivity contribution >= 4 is 12.0 Å². The molecule has 2 heterocycles. The molecule has 1 aliphatic rings. The van der Waals surface area contributed by atoms with Crippen LogP contribution in [0.25, 0.3) is 22.6 Å². The van der Waals surface area contributed by atoms with Crippen molar-refractivity contribution in [1.29, 1.82) is 5.41 Å². The Kier molecular flexibility index (Phi) is 3.27. The van der Waals surface area contributed by atoms with Gasteiger partial charge in [-0.25, -0.2) is 4.98 Å². The van der Waals surface area contributed by atoms with Crippen LogP contribution < -0.4 is 5.73 Å². The number of nitrogens with two attached hydrogens (primary N) is 1. The highest BCUT2D eigenvalue weighted by molar-refractivity contribution is 5.97. The smallest absolute Gasteiger partial charge is 0.135 e. The van der Waals surface area contributed by atoms with E-state index in [1.165, 1.54) is 22.9 Å². The normalized spacial score (nSPS) is 12.6. The topological polar surface area (TPSA) is 75.9 Å². The molecule has 4 nitrogen and oxygen atoms in total. The quantitative estimate of drug-likeness (QED) is 0.692. The average Bonchev–Trinajstić information content (AvgIpc) is 3.07. The second-order valence-electron chi connectivity index (χ2n) is 6.34. The molecule has 0 saturated carbocycles. The lowest BCUT2D eigenvalue weighted by atomic mass is 9.82. The Morgan fingerprint density at radius 3 is 2.71 bits per heavy atom. The van der Waals surface area contributed by atoms with Crippen LogP contribution in [0.15, 0.2) is 34.9 Å². The van der Waals surface area contributed by atoms with Crippen molar-refractivity contribution in [2.75, 3.05) is 5.73 Å². The molecule has 0 radical (unpaired) electrons. The van der Waals surface area contributed by atoms with Crippen LogP contribution >= 0.6 is 0 Å². The Hall–Kier alpha value is -2.88. The van der Waals surface area contributed by atoms with Gasteiger partial charge >= 0.3 is 0 Å². The van der Waals surface area contributed by atoms with E-state index in [4.69, 9.17) is 15.6 Å². The number of aromatic nitrogens is 1. The first-order chi connectivity index (χ1) is 11.6. The molecule has 4 heteroatoms. The van der Waals surface area contributed by atoms with Crippen molar-refractivity contribution in [2.24, 2.45) is 0 Å². The molecule has 0 saturated heterocycles. The van der Waals surface area contributed by atoms with Crippen LogP contribution in [0.5, 0.6) is 0 Å². The largest absolute Gasteiger partial charge is 0.464 e. The molecule has 0 fully saturated rings. The monoisotopic (exact) mass is 317 g/mol. The van der Waals surface area contributed by atoms with E-state index in [0.29, 0.717) is 11.4 Å². The fraction of sp³-hybridized carbons (Fsp3) is 0.200. The minimum Gasteiger partial charge on any atom is -0.464 e. The van der Waals surface area contributed by atoms with Gasteiger partial charge in [0.1, 0.15) is 11.6 Å². The van der Waals surface area contributed by atoms with Gasteiger partial charge in [0.2, 0.25) is 0 Å². The van der Waals surface area contributed by atoms with Gasteiger partial charge in [0.25, 0.3) is 0 Å². The van der Waals surface area contributed by atoms with E-state index in [9.17, 15) is 0 Å². The van der Waals surface area contributed by atoms with Gasteiger partial charge in [-0.1, -0.05) is 11.6 Å². The maximum Gasteiger partial charge on any atom is 0.135 e. The maximum absolute atomic E-state index is 7.77. The fourth-order valence-electron chi connectivity index (χ4n) is 3.76. The second-order valence-corrected chi connectivity index (χ2v) is 6.34. The van der Waals surface area contributed by atoms with Gasteiger partial charge in [-0.3, -0.25) is 0 Å². The van der Waals surface area contributed by atoms with Crippen LogP contribution in [-0.4, -0.2) is 11.2 Å². The molecule has 3 aromatic rings. The summed E-state index contributed by atoms with van der Waals surface area (Å²) in [6.07, 6.45) is 4.76. The van der Waals surface area contributed by atoms with Gasteiger partial charge in [-0.15, -0.1) is 0 Å². The number of hydrogen-bond acceptors (Lipinski definition) is 4. The summed E-state index contributed by atoms with van der Waals surface area (Å²) in [4.78, 5) is 4.66. The van der Waals surface area contributed by atoms with Crippen molar-refractivity contribution in [3.63, 3.8) is 0 Å². The van der Waals surface area contributed by atoms with Gasteiger partial charge in [-0.05, 0) is 61.6 Å². The molecule has 1 aliphatic carbocycles. The van der Waals surface area contributed by atoms with Crippen LogP contribution in [0.2, 0.25) is 0 Å². The van der Waals surface area contributed by atoms with Crippen molar-refractivity contribution in [1.82, 2.24) is 4.98 Å². The SMILES string of the molecule is Cc1cc(C)c2c(c1)-c1nc(N)c(C=N)c(-c3ccco3)c1CC2. The number of aryl methyl sites for hydroxylation is 2. The Labute approximate surface area is 140 Å². The number of anilines is 1. The highest BCUT2D eigenvalue weighted by Gasteiger charge is 2.26. The predicted octanol–water partition coefficient (Wildman–Crippen LogP) is 4.30. The van der Waals surface area contributed by atoms with Crippen LogP contribution in [0.3, 0.4) is 0 Å². The van der Waals surface area contributed by atoms with Crippen molar-refractivity contribution in [3.8, 4) is 22.6 Å². The van der Waals surface area contributed by atoms with E-state index >= 15 is 0 Å². The molecular weight excluding hydrogens is 298 g/mol. The maximum atomic E-state index is 7.77. The minimum atomic E-state index is 0.377. The van der Waals surface area contributed by atoms with E-state index in [1.807, 2.05) is 12.1 Å².